The molecule has 2 aromatic carbocycles. The van der Waals surface area contributed by atoms with Crippen LogP contribution in [0.2, 0.25) is 0 Å². The molecule has 0 bridgehead atoms. The first-order chi connectivity index (χ1) is 10.1. The normalized spacial score (nSPS) is 11.1. The number of hydrogen-bond donors (Lipinski definition) is 1. The van der Waals surface area contributed by atoms with Crippen LogP contribution in [0.15, 0.2) is 42.5 Å². The second kappa shape index (κ2) is 7.42. The van der Waals surface area contributed by atoms with Crippen LogP contribution in [-0.4, -0.2) is 6.04 Å². The van der Waals surface area contributed by atoms with Gasteiger partial charge < -0.3 is 5.32 Å². The zero-order valence-electron chi connectivity index (χ0n) is 13.7. The summed E-state index contributed by atoms with van der Waals surface area (Å²) in [7, 11) is 0. The number of benzene rings is 2. The molecule has 0 radical (unpaired) electrons. The minimum absolute atomic E-state index is 0.524. The topological polar surface area (TPSA) is 12.0 Å². The fourth-order valence-corrected chi connectivity index (χ4v) is 2.62. The van der Waals surface area contributed by atoms with E-state index in [1.54, 1.807) is 0 Å². The summed E-state index contributed by atoms with van der Waals surface area (Å²) in [6.07, 6.45) is 2.37. The van der Waals surface area contributed by atoms with E-state index in [-0.39, 0.29) is 0 Å². The molecule has 0 unspecified atom stereocenters. The third kappa shape index (κ3) is 4.44. The van der Waals surface area contributed by atoms with Crippen molar-refractivity contribution in [3.63, 3.8) is 0 Å². The van der Waals surface area contributed by atoms with Crippen LogP contribution in [0.25, 0.3) is 11.1 Å². The maximum atomic E-state index is 3.47. The summed E-state index contributed by atoms with van der Waals surface area (Å²) in [5.74, 6) is 0. The van der Waals surface area contributed by atoms with Crippen LogP contribution >= 0.6 is 0 Å². The molecule has 0 aliphatic carbocycles. The number of aryl methyl sites for hydroxylation is 2. The summed E-state index contributed by atoms with van der Waals surface area (Å²) < 4.78 is 0. The van der Waals surface area contributed by atoms with Gasteiger partial charge in [-0.2, -0.15) is 0 Å². The summed E-state index contributed by atoms with van der Waals surface area (Å²) in [6.45, 7) is 9.72. The molecule has 0 amide bonds. The van der Waals surface area contributed by atoms with Crippen molar-refractivity contribution in [2.75, 3.05) is 0 Å². The van der Waals surface area contributed by atoms with Crippen molar-refractivity contribution in [1.82, 2.24) is 5.32 Å². The smallest absolute Gasteiger partial charge is 0.0207 e. The average Bonchev–Trinajstić information content (AvgIpc) is 2.47. The van der Waals surface area contributed by atoms with Gasteiger partial charge in [0.15, 0.2) is 0 Å². The third-order valence-corrected chi connectivity index (χ3v) is 3.81. The quantitative estimate of drug-likeness (QED) is 0.775. The van der Waals surface area contributed by atoms with Gasteiger partial charge in [-0.05, 0) is 41.2 Å². The summed E-state index contributed by atoms with van der Waals surface area (Å²) in [5.41, 5.74) is 6.78. The van der Waals surface area contributed by atoms with Crippen LogP contribution in [0.4, 0.5) is 0 Å². The molecule has 1 nitrogen and oxygen atoms in total. The average molecular weight is 281 g/mol. The largest absolute Gasteiger partial charge is 0.310 e. The van der Waals surface area contributed by atoms with Gasteiger partial charge in [-0.15, -0.1) is 0 Å². The Labute approximate surface area is 129 Å². The predicted octanol–water partition coefficient (Wildman–Crippen LogP) is 5.11. The van der Waals surface area contributed by atoms with Gasteiger partial charge in [-0.25, -0.2) is 0 Å². The van der Waals surface area contributed by atoms with Crippen molar-refractivity contribution in [1.29, 1.82) is 0 Å². The SMILES string of the molecule is CCCc1ccc(-c2ccc(CNC(C)C)cc2C)cc1. The Hall–Kier alpha value is -1.60. The maximum Gasteiger partial charge on any atom is 0.0207 e. The molecule has 112 valence electrons. The van der Waals surface area contributed by atoms with Crippen molar-refractivity contribution in [2.24, 2.45) is 0 Å². The molecular formula is C20H27N. The zero-order chi connectivity index (χ0) is 15.2. The van der Waals surface area contributed by atoms with Crippen molar-refractivity contribution in [3.8, 4) is 11.1 Å². The summed E-state index contributed by atoms with van der Waals surface area (Å²) in [4.78, 5) is 0. The number of rotatable bonds is 6. The highest BCUT2D eigenvalue weighted by Crippen LogP contribution is 2.25. The lowest BCUT2D eigenvalue weighted by Gasteiger charge is -2.12. The molecule has 21 heavy (non-hydrogen) atoms. The Morgan fingerprint density at radius 3 is 2.19 bits per heavy atom. The molecule has 0 atom stereocenters. The molecule has 0 saturated carbocycles. The fraction of sp³-hybridized carbons (Fsp3) is 0.400. The minimum Gasteiger partial charge on any atom is -0.310 e. The molecule has 0 aromatic heterocycles. The fourth-order valence-electron chi connectivity index (χ4n) is 2.62. The summed E-state index contributed by atoms with van der Waals surface area (Å²) in [6, 6.07) is 16.3. The Kier molecular flexibility index (Phi) is 5.58. The van der Waals surface area contributed by atoms with Gasteiger partial charge in [0.05, 0.1) is 0 Å². The number of hydrogen-bond acceptors (Lipinski definition) is 1. The lowest BCUT2D eigenvalue weighted by molar-refractivity contribution is 0.589. The summed E-state index contributed by atoms with van der Waals surface area (Å²) in [5, 5.41) is 3.47. The van der Waals surface area contributed by atoms with Gasteiger partial charge in [0.1, 0.15) is 0 Å². The first kappa shape index (κ1) is 15.8. The van der Waals surface area contributed by atoms with Gasteiger partial charge >= 0.3 is 0 Å². The molecule has 0 fully saturated rings. The van der Waals surface area contributed by atoms with E-state index >= 15 is 0 Å². The van der Waals surface area contributed by atoms with Crippen LogP contribution in [0, 0.1) is 6.92 Å². The molecule has 0 aliphatic heterocycles. The van der Waals surface area contributed by atoms with E-state index in [1.807, 2.05) is 0 Å². The first-order valence-electron chi connectivity index (χ1n) is 8.02. The molecule has 2 aromatic rings. The highest BCUT2D eigenvalue weighted by atomic mass is 14.9. The monoisotopic (exact) mass is 281 g/mol. The van der Waals surface area contributed by atoms with Gasteiger partial charge in [0.25, 0.3) is 0 Å². The molecule has 1 N–H and O–H groups in total. The van der Waals surface area contributed by atoms with Gasteiger partial charge in [-0.3, -0.25) is 0 Å². The Bertz CT molecular complexity index is 567. The maximum absolute atomic E-state index is 3.47. The van der Waals surface area contributed by atoms with Gasteiger partial charge in [-0.1, -0.05) is 69.7 Å². The van der Waals surface area contributed by atoms with E-state index in [0.29, 0.717) is 6.04 Å². The highest BCUT2D eigenvalue weighted by Gasteiger charge is 2.04. The van der Waals surface area contributed by atoms with E-state index in [0.717, 1.165) is 6.54 Å². The molecule has 0 saturated heterocycles. The van der Waals surface area contributed by atoms with Crippen LogP contribution in [0.3, 0.4) is 0 Å². The van der Waals surface area contributed by atoms with Crippen molar-refractivity contribution in [2.45, 2.75) is 53.1 Å². The third-order valence-electron chi connectivity index (χ3n) is 3.81. The van der Waals surface area contributed by atoms with E-state index in [4.69, 9.17) is 0 Å². The van der Waals surface area contributed by atoms with Crippen LogP contribution < -0.4 is 5.32 Å². The second-order valence-electron chi connectivity index (χ2n) is 6.13. The Morgan fingerprint density at radius 2 is 1.62 bits per heavy atom. The molecule has 2 rings (SSSR count). The molecule has 0 aliphatic rings. The second-order valence-corrected chi connectivity index (χ2v) is 6.13. The minimum atomic E-state index is 0.524. The van der Waals surface area contributed by atoms with E-state index in [1.165, 1.54) is 40.7 Å². The van der Waals surface area contributed by atoms with E-state index < -0.39 is 0 Å². The molecule has 0 spiro atoms. The van der Waals surface area contributed by atoms with Crippen LogP contribution in [0.1, 0.15) is 43.9 Å². The molecular weight excluding hydrogens is 254 g/mol. The molecule has 0 heterocycles. The van der Waals surface area contributed by atoms with Crippen molar-refractivity contribution < 1.29 is 0 Å². The lowest BCUT2D eigenvalue weighted by Crippen LogP contribution is -2.21. The van der Waals surface area contributed by atoms with Crippen LogP contribution in [-0.2, 0) is 13.0 Å². The van der Waals surface area contributed by atoms with E-state index in [9.17, 15) is 0 Å². The predicted molar refractivity (Wildman–Crippen MR) is 92.6 cm³/mol. The standard InChI is InChI=1S/C20H27N/c1-5-6-17-7-10-19(11-8-17)20-12-9-18(13-16(20)4)14-21-15(2)3/h7-13,15,21H,5-6,14H2,1-4H3. The van der Waals surface area contributed by atoms with Crippen molar-refractivity contribution in [3.05, 3.63) is 59.2 Å². The number of nitrogens with one attached hydrogen (secondary N) is 1. The molecule has 1 heteroatoms. The first-order valence-corrected chi connectivity index (χ1v) is 8.02. The van der Waals surface area contributed by atoms with Gasteiger partial charge in [0.2, 0.25) is 0 Å². The Balaban J connectivity index is 2.16. The Morgan fingerprint density at radius 1 is 0.952 bits per heavy atom. The lowest BCUT2D eigenvalue weighted by atomic mass is 9.97. The van der Waals surface area contributed by atoms with Gasteiger partial charge in [0, 0.05) is 12.6 Å². The van der Waals surface area contributed by atoms with E-state index in [2.05, 4.69) is 75.5 Å². The zero-order valence-corrected chi connectivity index (χ0v) is 13.7. The highest BCUT2D eigenvalue weighted by molar-refractivity contribution is 5.67. The van der Waals surface area contributed by atoms with Crippen LogP contribution in [0.5, 0.6) is 0 Å². The van der Waals surface area contributed by atoms with Crippen molar-refractivity contribution >= 4 is 0 Å². The summed E-state index contributed by atoms with van der Waals surface area (Å²) >= 11 is 0.